The zero-order chi connectivity index (χ0) is 20.2. The highest BCUT2D eigenvalue weighted by Crippen LogP contribution is 2.35. The van der Waals surface area contributed by atoms with E-state index in [-0.39, 0.29) is 18.5 Å². The Kier molecular flexibility index (Phi) is 5.37. The molecule has 3 aromatic rings. The van der Waals surface area contributed by atoms with E-state index in [0.29, 0.717) is 12.5 Å². The summed E-state index contributed by atoms with van der Waals surface area (Å²) in [7, 11) is 0. The number of tetrazole rings is 1. The first kappa shape index (κ1) is 18.9. The van der Waals surface area contributed by atoms with Crippen LogP contribution in [0.5, 0.6) is 0 Å². The van der Waals surface area contributed by atoms with Gasteiger partial charge in [0.05, 0.1) is 5.70 Å². The number of hydrogen-bond acceptors (Lipinski definition) is 5. The smallest absolute Gasteiger partial charge is 0.251 e. The Labute approximate surface area is 170 Å². The van der Waals surface area contributed by atoms with Gasteiger partial charge < -0.3 is 5.32 Å². The van der Waals surface area contributed by atoms with E-state index in [1.807, 2.05) is 42.2 Å². The minimum atomic E-state index is -0.147. The molecule has 29 heavy (non-hydrogen) atoms. The van der Waals surface area contributed by atoms with Gasteiger partial charge in [-0.15, -0.1) is 0 Å². The van der Waals surface area contributed by atoms with Crippen LogP contribution in [-0.4, -0.2) is 39.2 Å². The lowest BCUT2D eigenvalue weighted by Gasteiger charge is -2.32. The standard InChI is InChI=1S/C22H24N6O/c1-3-13-23-21(29)15-27-19(17-7-5-4-6-8-17)14-20(28-22(27)24-25-26-28)18-11-9-16(2)10-12-18/h4-12,14,20H,3,13,15H2,1-2H3,(H,23,29). The highest BCUT2D eigenvalue weighted by atomic mass is 16.2. The second kappa shape index (κ2) is 8.26. The average Bonchev–Trinajstić information content (AvgIpc) is 3.24. The molecule has 0 fully saturated rings. The third-order valence-electron chi connectivity index (χ3n) is 4.95. The molecule has 1 atom stereocenters. The summed E-state index contributed by atoms with van der Waals surface area (Å²) in [5.41, 5.74) is 4.22. The van der Waals surface area contributed by atoms with Crippen molar-refractivity contribution >= 4 is 17.6 Å². The predicted molar refractivity (Wildman–Crippen MR) is 112 cm³/mol. The van der Waals surface area contributed by atoms with Crippen LogP contribution in [0.15, 0.2) is 60.7 Å². The van der Waals surface area contributed by atoms with Crippen LogP contribution in [-0.2, 0) is 4.79 Å². The Balaban J connectivity index is 1.78. The van der Waals surface area contributed by atoms with Gasteiger partial charge in [-0.05, 0) is 41.0 Å². The summed E-state index contributed by atoms with van der Waals surface area (Å²) in [6.07, 6.45) is 3.01. The van der Waals surface area contributed by atoms with Gasteiger partial charge in [-0.3, -0.25) is 9.69 Å². The number of nitrogens with one attached hydrogen (secondary N) is 1. The van der Waals surface area contributed by atoms with Gasteiger partial charge in [0.2, 0.25) is 5.91 Å². The van der Waals surface area contributed by atoms with Crippen LogP contribution in [0, 0.1) is 6.92 Å². The number of hydrogen-bond donors (Lipinski definition) is 1. The molecule has 1 aliphatic rings. The van der Waals surface area contributed by atoms with E-state index in [1.54, 1.807) is 4.68 Å². The summed E-state index contributed by atoms with van der Waals surface area (Å²) in [5, 5.41) is 15.3. The SMILES string of the molecule is CCCNC(=O)CN1C(c2ccccc2)=CC(c2ccc(C)cc2)n2nnnc21. The van der Waals surface area contributed by atoms with Crippen LogP contribution in [0.1, 0.15) is 36.1 Å². The molecule has 4 rings (SSSR count). The molecule has 1 N–H and O–H groups in total. The zero-order valence-corrected chi connectivity index (χ0v) is 16.6. The quantitative estimate of drug-likeness (QED) is 0.703. The second-order valence-corrected chi connectivity index (χ2v) is 7.13. The fourth-order valence-electron chi connectivity index (χ4n) is 3.45. The molecule has 0 saturated heterocycles. The van der Waals surface area contributed by atoms with Crippen molar-refractivity contribution in [2.24, 2.45) is 0 Å². The second-order valence-electron chi connectivity index (χ2n) is 7.13. The van der Waals surface area contributed by atoms with Crippen molar-refractivity contribution in [1.82, 2.24) is 25.5 Å². The Bertz CT molecular complexity index is 1010. The normalized spacial score (nSPS) is 15.6. The minimum Gasteiger partial charge on any atom is -0.355 e. The Morgan fingerprint density at radius 3 is 2.59 bits per heavy atom. The molecule has 7 nitrogen and oxygen atoms in total. The molecule has 148 valence electrons. The number of anilines is 1. The third-order valence-corrected chi connectivity index (χ3v) is 4.95. The van der Waals surface area contributed by atoms with Crippen LogP contribution < -0.4 is 10.2 Å². The predicted octanol–water partition coefficient (Wildman–Crippen LogP) is 2.96. The summed E-state index contributed by atoms with van der Waals surface area (Å²) in [4.78, 5) is 14.4. The van der Waals surface area contributed by atoms with Gasteiger partial charge >= 0.3 is 0 Å². The Morgan fingerprint density at radius 1 is 1.10 bits per heavy atom. The first-order valence-corrected chi connectivity index (χ1v) is 9.83. The van der Waals surface area contributed by atoms with Crippen LogP contribution in [0.2, 0.25) is 0 Å². The number of fused-ring (bicyclic) bond motifs is 1. The molecule has 2 aromatic carbocycles. The van der Waals surface area contributed by atoms with Gasteiger partial charge in [-0.1, -0.05) is 72.2 Å². The van der Waals surface area contributed by atoms with Crippen molar-refractivity contribution < 1.29 is 4.79 Å². The zero-order valence-electron chi connectivity index (χ0n) is 16.6. The summed E-state index contributed by atoms with van der Waals surface area (Å²) in [6, 6.07) is 18.2. The monoisotopic (exact) mass is 388 g/mol. The first-order chi connectivity index (χ1) is 14.2. The van der Waals surface area contributed by atoms with Gasteiger partial charge in [0, 0.05) is 6.54 Å². The van der Waals surface area contributed by atoms with Crippen molar-refractivity contribution in [3.63, 3.8) is 0 Å². The number of rotatable bonds is 6. The van der Waals surface area contributed by atoms with Gasteiger partial charge in [0.1, 0.15) is 12.6 Å². The first-order valence-electron chi connectivity index (χ1n) is 9.83. The molecule has 1 aromatic heterocycles. The van der Waals surface area contributed by atoms with Crippen molar-refractivity contribution in [1.29, 1.82) is 0 Å². The lowest BCUT2D eigenvalue weighted by Crippen LogP contribution is -2.40. The van der Waals surface area contributed by atoms with Crippen molar-refractivity contribution in [3.05, 3.63) is 77.4 Å². The van der Waals surface area contributed by atoms with E-state index in [1.165, 1.54) is 5.56 Å². The van der Waals surface area contributed by atoms with Crippen molar-refractivity contribution in [2.45, 2.75) is 26.3 Å². The molecule has 2 heterocycles. The maximum Gasteiger partial charge on any atom is 0.251 e. The third kappa shape index (κ3) is 3.89. The highest BCUT2D eigenvalue weighted by molar-refractivity contribution is 5.89. The van der Waals surface area contributed by atoms with Crippen LogP contribution in [0.3, 0.4) is 0 Å². The van der Waals surface area contributed by atoms with Gasteiger partial charge in [0.15, 0.2) is 0 Å². The number of allylic oxidation sites excluding steroid dienone is 1. The van der Waals surface area contributed by atoms with E-state index in [2.05, 4.69) is 58.1 Å². The molecule has 0 spiro atoms. The van der Waals surface area contributed by atoms with E-state index in [0.717, 1.165) is 23.2 Å². The van der Waals surface area contributed by atoms with Crippen molar-refractivity contribution in [3.8, 4) is 0 Å². The lowest BCUT2D eigenvalue weighted by molar-refractivity contribution is -0.119. The number of carbonyl (C=O) groups excluding carboxylic acids is 1. The van der Waals surface area contributed by atoms with E-state index in [4.69, 9.17) is 0 Å². The summed E-state index contributed by atoms with van der Waals surface area (Å²) >= 11 is 0. The Morgan fingerprint density at radius 2 is 1.86 bits per heavy atom. The number of benzene rings is 2. The topological polar surface area (TPSA) is 75.9 Å². The molecule has 0 aliphatic carbocycles. The maximum absolute atomic E-state index is 12.5. The van der Waals surface area contributed by atoms with Gasteiger partial charge in [-0.2, -0.15) is 4.68 Å². The molecule has 1 unspecified atom stereocenters. The van der Waals surface area contributed by atoms with Crippen molar-refractivity contribution in [2.75, 3.05) is 18.0 Å². The van der Waals surface area contributed by atoms with Gasteiger partial charge in [-0.25, -0.2) is 0 Å². The molecule has 0 bridgehead atoms. The van der Waals surface area contributed by atoms with E-state index in [9.17, 15) is 4.79 Å². The average molecular weight is 388 g/mol. The van der Waals surface area contributed by atoms with E-state index < -0.39 is 0 Å². The fourth-order valence-corrected chi connectivity index (χ4v) is 3.45. The summed E-state index contributed by atoms with van der Waals surface area (Å²) in [6.45, 7) is 4.90. The molecular weight excluding hydrogens is 364 g/mol. The van der Waals surface area contributed by atoms with E-state index >= 15 is 0 Å². The number of amides is 1. The molecule has 0 saturated carbocycles. The number of aryl methyl sites for hydroxylation is 1. The minimum absolute atomic E-state index is 0.0583. The largest absolute Gasteiger partial charge is 0.355 e. The number of aromatic nitrogens is 4. The summed E-state index contributed by atoms with van der Waals surface area (Å²) in [5.74, 6) is 0.501. The molecule has 1 amide bonds. The molecular formula is C22H24N6O. The Hall–Kier alpha value is -3.48. The highest BCUT2D eigenvalue weighted by Gasteiger charge is 2.31. The van der Waals surface area contributed by atoms with Crippen LogP contribution >= 0.6 is 0 Å². The molecule has 1 aliphatic heterocycles. The fraction of sp³-hybridized carbons (Fsp3) is 0.273. The summed E-state index contributed by atoms with van der Waals surface area (Å²) < 4.78 is 1.77. The van der Waals surface area contributed by atoms with Crippen LogP contribution in [0.4, 0.5) is 5.95 Å². The maximum atomic E-state index is 12.5. The lowest BCUT2D eigenvalue weighted by atomic mass is 10.00. The number of carbonyl (C=O) groups is 1. The van der Waals surface area contributed by atoms with Gasteiger partial charge in [0.25, 0.3) is 5.95 Å². The molecule has 7 heteroatoms. The van der Waals surface area contributed by atoms with Crippen LogP contribution in [0.25, 0.3) is 5.70 Å². The molecule has 0 radical (unpaired) electrons. The number of nitrogens with zero attached hydrogens (tertiary/aromatic N) is 5.